The number of hydrogen-bond acceptors (Lipinski definition) is 5. The van der Waals surface area contributed by atoms with Gasteiger partial charge in [0.25, 0.3) is 0 Å². The molecule has 0 aliphatic rings. The van der Waals surface area contributed by atoms with Crippen LogP contribution < -0.4 is 14.8 Å². The average Bonchev–Trinajstić information content (AvgIpc) is 2.44. The van der Waals surface area contributed by atoms with Gasteiger partial charge < -0.3 is 19.9 Å². The summed E-state index contributed by atoms with van der Waals surface area (Å²) in [6.07, 6.45) is 1.55. The molecule has 1 atom stereocenters. The van der Waals surface area contributed by atoms with Gasteiger partial charge in [0.1, 0.15) is 24.2 Å². The minimum Gasteiger partial charge on any atom is -0.493 e. The molecule has 2 N–H and O–H groups in total. The molecular formula is C15H25NO3S. The highest BCUT2D eigenvalue weighted by Gasteiger charge is 2.06. The molecule has 5 heteroatoms. The Balaban J connectivity index is 2.27. The molecule has 0 aliphatic heterocycles. The van der Waals surface area contributed by atoms with Crippen molar-refractivity contribution in [1.29, 1.82) is 0 Å². The third-order valence-corrected chi connectivity index (χ3v) is 3.16. The third kappa shape index (κ3) is 7.62. The molecule has 0 saturated carbocycles. The number of nitrogens with one attached hydrogen (secondary N) is 1. The Labute approximate surface area is 125 Å². The first-order chi connectivity index (χ1) is 9.61. The van der Waals surface area contributed by atoms with Gasteiger partial charge in [-0.05, 0) is 30.5 Å². The summed E-state index contributed by atoms with van der Waals surface area (Å²) in [4.78, 5) is 0. The summed E-state index contributed by atoms with van der Waals surface area (Å²) in [6.45, 7) is 5.62. The first kappa shape index (κ1) is 17.1. The standard InChI is InChI=1S/C15H25NO3S/c1-12(2)16-10-13(17)11-19-15-6-4-14(5-7-15)18-8-9-20-3/h4-7,12-13,16-17H,8-11H2,1-3H3. The van der Waals surface area contributed by atoms with Crippen molar-refractivity contribution in [2.75, 3.05) is 31.8 Å². The van der Waals surface area contributed by atoms with Gasteiger partial charge in [0, 0.05) is 18.3 Å². The van der Waals surface area contributed by atoms with E-state index >= 15 is 0 Å². The van der Waals surface area contributed by atoms with Crippen molar-refractivity contribution in [2.24, 2.45) is 0 Å². The average molecular weight is 299 g/mol. The van der Waals surface area contributed by atoms with Crippen LogP contribution in [-0.2, 0) is 0 Å². The van der Waals surface area contributed by atoms with Crippen molar-refractivity contribution in [3.63, 3.8) is 0 Å². The van der Waals surface area contributed by atoms with Gasteiger partial charge >= 0.3 is 0 Å². The summed E-state index contributed by atoms with van der Waals surface area (Å²) in [7, 11) is 0. The predicted octanol–water partition coefficient (Wildman–Crippen LogP) is 2.17. The fraction of sp³-hybridized carbons (Fsp3) is 0.600. The zero-order valence-electron chi connectivity index (χ0n) is 12.5. The van der Waals surface area contributed by atoms with Crippen molar-refractivity contribution in [3.05, 3.63) is 24.3 Å². The van der Waals surface area contributed by atoms with Gasteiger partial charge in [-0.2, -0.15) is 11.8 Å². The molecule has 114 valence electrons. The first-order valence-electron chi connectivity index (χ1n) is 6.88. The highest BCUT2D eigenvalue weighted by Crippen LogP contribution is 2.17. The lowest BCUT2D eigenvalue weighted by molar-refractivity contribution is 0.104. The lowest BCUT2D eigenvalue weighted by Crippen LogP contribution is -2.35. The molecule has 0 amide bonds. The lowest BCUT2D eigenvalue weighted by atomic mass is 10.3. The molecule has 0 radical (unpaired) electrons. The highest BCUT2D eigenvalue weighted by atomic mass is 32.2. The molecular weight excluding hydrogens is 274 g/mol. The Hall–Kier alpha value is -0.910. The van der Waals surface area contributed by atoms with Crippen molar-refractivity contribution in [2.45, 2.75) is 26.0 Å². The van der Waals surface area contributed by atoms with E-state index in [4.69, 9.17) is 9.47 Å². The summed E-state index contributed by atoms with van der Waals surface area (Å²) in [5.74, 6) is 2.56. The second-order valence-corrected chi connectivity index (χ2v) is 5.83. The van der Waals surface area contributed by atoms with Gasteiger partial charge in [-0.1, -0.05) is 13.8 Å². The molecule has 0 aliphatic carbocycles. The molecule has 1 unspecified atom stereocenters. The Kier molecular flexibility index (Phi) is 8.49. The molecule has 0 spiro atoms. The number of aliphatic hydroxyl groups excluding tert-OH is 1. The molecule has 0 aromatic heterocycles. The summed E-state index contributed by atoms with van der Waals surface area (Å²) in [5, 5.41) is 12.9. The van der Waals surface area contributed by atoms with Gasteiger partial charge in [-0.3, -0.25) is 0 Å². The number of aliphatic hydroxyl groups is 1. The Bertz CT molecular complexity index is 357. The van der Waals surface area contributed by atoms with Gasteiger partial charge in [-0.15, -0.1) is 0 Å². The summed E-state index contributed by atoms with van der Waals surface area (Å²) in [5.41, 5.74) is 0. The van der Waals surface area contributed by atoms with E-state index in [1.807, 2.05) is 38.1 Å². The van der Waals surface area contributed by atoms with Crippen molar-refractivity contribution in [1.82, 2.24) is 5.32 Å². The van der Waals surface area contributed by atoms with Crippen LogP contribution >= 0.6 is 11.8 Å². The predicted molar refractivity (Wildman–Crippen MR) is 85.0 cm³/mol. The molecule has 0 saturated heterocycles. The van der Waals surface area contributed by atoms with Crippen LogP contribution in [0.15, 0.2) is 24.3 Å². The Morgan fingerprint density at radius 1 is 1.15 bits per heavy atom. The molecule has 0 fully saturated rings. The minimum atomic E-state index is -0.505. The maximum absolute atomic E-state index is 9.74. The number of ether oxygens (including phenoxy) is 2. The van der Waals surface area contributed by atoms with Gasteiger partial charge in [0.05, 0.1) is 6.61 Å². The second kappa shape index (κ2) is 9.91. The van der Waals surface area contributed by atoms with Crippen molar-refractivity contribution < 1.29 is 14.6 Å². The fourth-order valence-electron chi connectivity index (χ4n) is 1.50. The van der Waals surface area contributed by atoms with Crippen LogP contribution in [0.3, 0.4) is 0 Å². The van der Waals surface area contributed by atoms with E-state index in [0.29, 0.717) is 19.2 Å². The Morgan fingerprint density at radius 3 is 2.30 bits per heavy atom. The van der Waals surface area contributed by atoms with Crippen molar-refractivity contribution >= 4 is 11.8 Å². The molecule has 20 heavy (non-hydrogen) atoms. The maximum Gasteiger partial charge on any atom is 0.119 e. The van der Waals surface area contributed by atoms with E-state index in [1.165, 1.54) is 0 Å². The van der Waals surface area contributed by atoms with Crippen LogP contribution in [0.5, 0.6) is 11.5 Å². The molecule has 1 aromatic carbocycles. The monoisotopic (exact) mass is 299 g/mol. The molecule has 1 rings (SSSR count). The smallest absolute Gasteiger partial charge is 0.119 e. The summed E-state index contributed by atoms with van der Waals surface area (Å²) >= 11 is 1.76. The minimum absolute atomic E-state index is 0.284. The second-order valence-electron chi connectivity index (χ2n) is 4.84. The van der Waals surface area contributed by atoms with Gasteiger partial charge in [0.15, 0.2) is 0 Å². The van der Waals surface area contributed by atoms with Crippen molar-refractivity contribution in [3.8, 4) is 11.5 Å². The van der Waals surface area contributed by atoms with Crippen LogP contribution in [0.2, 0.25) is 0 Å². The SMILES string of the molecule is CSCCOc1ccc(OCC(O)CNC(C)C)cc1. The number of thioether (sulfide) groups is 1. The quantitative estimate of drug-likeness (QED) is 0.649. The lowest BCUT2D eigenvalue weighted by Gasteiger charge is -2.15. The molecule has 0 heterocycles. The zero-order chi connectivity index (χ0) is 14.8. The van der Waals surface area contributed by atoms with E-state index in [1.54, 1.807) is 11.8 Å². The first-order valence-corrected chi connectivity index (χ1v) is 8.27. The van der Waals surface area contributed by atoms with Crippen LogP contribution in [-0.4, -0.2) is 49.0 Å². The molecule has 1 aromatic rings. The highest BCUT2D eigenvalue weighted by molar-refractivity contribution is 7.98. The van der Waals surface area contributed by atoms with E-state index in [-0.39, 0.29) is 6.61 Å². The summed E-state index contributed by atoms with van der Waals surface area (Å²) in [6, 6.07) is 7.85. The van der Waals surface area contributed by atoms with E-state index in [9.17, 15) is 5.11 Å². The fourth-order valence-corrected chi connectivity index (χ4v) is 1.75. The Morgan fingerprint density at radius 2 is 1.75 bits per heavy atom. The molecule has 0 bridgehead atoms. The number of benzene rings is 1. The topological polar surface area (TPSA) is 50.7 Å². The van der Waals surface area contributed by atoms with E-state index in [0.717, 1.165) is 17.3 Å². The molecule has 4 nitrogen and oxygen atoms in total. The van der Waals surface area contributed by atoms with Crippen LogP contribution in [0, 0.1) is 0 Å². The van der Waals surface area contributed by atoms with Crippen LogP contribution in [0.25, 0.3) is 0 Å². The summed E-state index contributed by atoms with van der Waals surface area (Å²) < 4.78 is 11.1. The van der Waals surface area contributed by atoms with Gasteiger partial charge in [0.2, 0.25) is 0 Å². The van der Waals surface area contributed by atoms with E-state index < -0.39 is 6.10 Å². The maximum atomic E-state index is 9.74. The number of hydrogen-bond donors (Lipinski definition) is 2. The van der Waals surface area contributed by atoms with Crippen LogP contribution in [0.4, 0.5) is 0 Å². The number of rotatable bonds is 10. The zero-order valence-corrected chi connectivity index (χ0v) is 13.3. The van der Waals surface area contributed by atoms with E-state index in [2.05, 4.69) is 11.6 Å². The third-order valence-electron chi connectivity index (χ3n) is 2.58. The largest absolute Gasteiger partial charge is 0.493 e. The van der Waals surface area contributed by atoms with Gasteiger partial charge in [-0.25, -0.2) is 0 Å². The normalized spacial score (nSPS) is 12.4. The van der Waals surface area contributed by atoms with Crippen LogP contribution in [0.1, 0.15) is 13.8 Å².